The molecule has 114 valence electrons. The highest BCUT2D eigenvalue weighted by Gasteiger charge is 2.39. The lowest BCUT2D eigenvalue weighted by molar-refractivity contribution is -0.141. The number of rotatable bonds is 3. The third-order valence-corrected chi connectivity index (χ3v) is 3.84. The molecule has 0 aliphatic carbocycles. The molecule has 1 aromatic rings. The van der Waals surface area contributed by atoms with Gasteiger partial charge in [-0.05, 0) is 12.1 Å². The second-order valence-corrected chi connectivity index (χ2v) is 5.49. The van der Waals surface area contributed by atoms with E-state index >= 15 is 0 Å². The van der Waals surface area contributed by atoms with Crippen molar-refractivity contribution in [3.63, 3.8) is 0 Å². The summed E-state index contributed by atoms with van der Waals surface area (Å²) in [4.78, 5) is 24.7. The van der Waals surface area contributed by atoms with Gasteiger partial charge in [0, 0.05) is 18.5 Å². The molecule has 2 atom stereocenters. The first kappa shape index (κ1) is 15.9. The van der Waals surface area contributed by atoms with Crippen LogP contribution in [0.4, 0.5) is 0 Å². The summed E-state index contributed by atoms with van der Waals surface area (Å²) in [5.41, 5.74) is 0.145. The fourth-order valence-electron chi connectivity index (χ4n) is 2.32. The molecule has 21 heavy (non-hydrogen) atoms. The first-order valence-electron chi connectivity index (χ1n) is 6.10. The summed E-state index contributed by atoms with van der Waals surface area (Å²) < 4.78 is 4.99. The first-order chi connectivity index (χ1) is 9.85. The molecule has 2 rings (SSSR count). The zero-order chi connectivity index (χ0) is 15.7. The molecule has 0 bridgehead atoms. The number of carboxylic acids is 1. The Hall–Kier alpha value is -1.50. The van der Waals surface area contributed by atoms with Crippen molar-refractivity contribution in [1.29, 1.82) is 0 Å². The van der Waals surface area contributed by atoms with Gasteiger partial charge in [0.2, 0.25) is 0 Å². The van der Waals surface area contributed by atoms with Gasteiger partial charge in [-0.1, -0.05) is 23.2 Å². The predicted molar refractivity (Wildman–Crippen MR) is 76.1 cm³/mol. The van der Waals surface area contributed by atoms with Crippen LogP contribution >= 0.6 is 23.2 Å². The number of β-amino-alcohol motifs (C(OH)–C–C–N with tert-alkyl or cyclic N) is 1. The molecule has 0 radical (unpaired) electrons. The van der Waals surface area contributed by atoms with Gasteiger partial charge in [-0.25, -0.2) is 4.79 Å². The lowest BCUT2D eigenvalue weighted by Gasteiger charge is -2.21. The molecule has 1 saturated heterocycles. The van der Waals surface area contributed by atoms with E-state index in [0.29, 0.717) is 0 Å². The molecule has 2 N–H and O–H groups in total. The van der Waals surface area contributed by atoms with Crippen LogP contribution < -0.4 is 4.74 Å². The number of hydrogen-bond acceptors (Lipinski definition) is 4. The molecule has 1 amide bonds. The SMILES string of the molecule is COc1c(Cl)cc(C(=O)N2C[C@H](O)C[C@H]2C(=O)O)cc1Cl. The van der Waals surface area contributed by atoms with Crippen LogP contribution in [0.25, 0.3) is 0 Å². The quantitative estimate of drug-likeness (QED) is 0.878. The van der Waals surface area contributed by atoms with Crippen LogP contribution in [0.1, 0.15) is 16.8 Å². The molecule has 0 saturated carbocycles. The number of amides is 1. The molecule has 0 spiro atoms. The van der Waals surface area contributed by atoms with Gasteiger partial charge >= 0.3 is 5.97 Å². The third kappa shape index (κ3) is 3.07. The van der Waals surface area contributed by atoms with E-state index in [9.17, 15) is 14.7 Å². The van der Waals surface area contributed by atoms with Crippen LogP contribution in [0, 0.1) is 0 Å². The molecule has 6 nitrogen and oxygen atoms in total. The van der Waals surface area contributed by atoms with E-state index in [1.807, 2.05) is 0 Å². The van der Waals surface area contributed by atoms with Gasteiger partial charge in [0.25, 0.3) is 5.91 Å². The van der Waals surface area contributed by atoms with E-state index < -0.39 is 24.0 Å². The summed E-state index contributed by atoms with van der Waals surface area (Å²) in [6, 6.07) is 1.66. The number of aliphatic carboxylic acids is 1. The Labute approximate surface area is 130 Å². The minimum atomic E-state index is -1.16. The van der Waals surface area contributed by atoms with E-state index in [2.05, 4.69) is 0 Å². The molecule has 1 aliphatic rings. The summed E-state index contributed by atoms with van der Waals surface area (Å²) in [6.07, 6.45) is -0.863. The number of carboxylic acid groups (broad SMARTS) is 1. The summed E-state index contributed by atoms with van der Waals surface area (Å²) in [7, 11) is 1.39. The van der Waals surface area contributed by atoms with Gasteiger partial charge < -0.3 is 19.8 Å². The van der Waals surface area contributed by atoms with Crippen molar-refractivity contribution >= 4 is 35.1 Å². The molecule has 1 heterocycles. The Morgan fingerprint density at radius 3 is 2.38 bits per heavy atom. The number of likely N-dealkylation sites (tertiary alicyclic amines) is 1. The van der Waals surface area contributed by atoms with Crippen molar-refractivity contribution in [3.05, 3.63) is 27.7 Å². The van der Waals surface area contributed by atoms with E-state index in [-0.39, 0.29) is 34.3 Å². The Kier molecular flexibility index (Phi) is 4.61. The Morgan fingerprint density at radius 2 is 1.90 bits per heavy atom. The van der Waals surface area contributed by atoms with Gasteiger partial charge in [-0.2, -0.15) is 0 Å². The fraction of sp³-hybridized carbons (Fsp3) is 0.385. The number of carbonyl (C=O) groups is 2. The number of benzene rings is 1. The summed E-state index contributed by atoms with van der Waals surface area (Å²) in [5.74, 6) is -1.47. The normalized spacial score (nSPS) is 21.4. The maximum absolute atomic E-state index is 12.4. The van der Waals surface area contributed by atoms with Crippen LogP contribution in [0.15, 0.2) is 12.1 Å². The van der Waals surface area contributed by atoms with Gasteiger partial charge in [-0.3, -0.25) is 4.79 Å². The molecule has 0 unspecified atom stereocenters. The van der Waals surface area contributed by atoms with E-state index in [1.54, 1.807) is 0 Å². The van der Waals surface area contributed by atoms with Gasteiger partial charge in [0.1, 0.15) is 6.04 Å². The Morgan fingerprint density at radius 1 is 1.33 bits per heavy atom. The summed E-state index contributed by atoms with van der Waals surface area (Å²) in [6.45, 7) is -0.0446. The summed E-state index contributed by atoms with van der Waals surface area (Å²) >= 11 is 11.9. The number of ether oxygens (including phenoxy) is 1. The van der Waals surface area contributed by atoms with Crippen molar-refractivity contribution in [2.24, 2.45) is 0 Å². The Balaban J connectivity index is 2.34. The molecule has 1 fully saturated rings. The molecular weight excluding hydrogens is 321 g/mol. The van der Waals surface area contributed by atoms with E-state index in [1.165, 1.54) is 19.2 Å². The number of halogens is 2. The van der Waals surface area contributed by atoms with Crippen LogP contribution in [0.2, 0.25) is 10.0 Å². The lowest BCUT2D eigenvalue weighted by atomic mass is 10.1. The van der Waals surface area contributed by atoms with E-state index in [4.69, 9.17) is 33.0 Å². The van der Waals surface area contributed by atoms with Gasteiger partial charge in [0.15, 0.2) is 5.75 Å². The second-order valence-electron chi connectivity index (χ2n) is 4.67. The molecule has 0 aromatic heterocycles. The highest BCUT2D eigenvalue weighted by atomic mass is 35.5. The lowest BCUT2D eigenvalue weighted by Crippen LogP contribution is -2.40. The monoisotopic (exact) mass is 333 g/mol. The average Bonchev–Trinajstić information content (AvgIpc) is 2.79. The first-order valence-corrected chi connectivity index (χ1v) is 6.85. The van der Waals surface area contributed by atoms with E-state index in [0.717, 1.165) is 4.90 Å². The molecule has 1 aliphatic heterocycles. The second kappa shape index (κ2) is 6.09. The molecule has 1 aromatic carbocycles. The number of methoxy groups -OCH3 is 1. The number of aliphatic hydroxyl groups is 1. The third-order valence-electron chi connectivity index (χ3n) is 3.27. The maximum Gasteiger partial charge on any atom is 0.326 e. The van der Waals surface area contributed by atoms with Gasteiger partial charge in [0.05, 0.1) is 23.3 Å². The van der Waals surface area contributed by atoms with Crippen molar-refractivity contribution < 1.29 is 24.5 Å². The zero-order valence-corrected chi connectivity index (χ0v) is 12.6. The smallest absolute Gasteiger partial charge is 0.326 e. The standard InChI is InChI=1S/C13H13Cl2NO5/c1-21-11-8(14)2-6(3-9(11)15)12(18)16-5-7(17)4-10(16)13(19)20/h2-3,7,10,17H,4-5H2,1H3,(H,19,20)/t7-,10+/m1/s1. The highest BCUT2D eigenvalue weighted by Crippen LogP contribution is 2.34. The Bertz CT molecular complexity index is 569. The number of aliphatic hydroxyl groups excluding tert-OH is 1. The highest BCUT2D eigenvalue weighted by molar-refractivity contribution is 6.37. The molecular formula is C13H13Cl2NO5. The van der Waals surface area contributed by atoms with Gasteiger partial charge in [-0.15, -0.1) is 0 Å². The fourth-order valence-corrected chi connectivity index (χ4v) is 2.96. The van der Waals surface area contributed by atoms with Crippen molar-refractivity contribution in [2.75, 3.05) is 13.7 Å². The number of hydrogen-bond donors (Lipinski definition) is 2. The average molecular weight is 334 g/mol. The van der Waals surface area contributed by atoms with Crippen LogP contribution in [0.3, 0.4) is 0 Å². The van der Waals surface area contributed by atoms with Crippen LogP contribution in [-0.4, -0.2) is 52.8 Å². The largest absolute Gasteiger partial charge is 0.494 e. The van der Waals surface area contributed by atoms with Crippen molar-refractivity contribution in [2.45, 2.75) is 18.6 Å². The summed E-state index contributed by atoms with van der Waals surface area (Å²) in [5, 5.41) is 19.0. The van der Waals surface area contributed by atoms with Crippen molar-refractivity contribution in [3.8, 4) is 5.75 Å². The number of carbonyl (C=O) groups excluding carboxylic acids is 1. The predicted octanol–water partition coefficient (Wildman–Crippen LogP) is 1.66. The van der Waals surface area contributed by atoms with Crippen LogP contribution in [0.5, 0.6) is 5.75 Å². The number of nitrogens with zero attached hydrogens (tertiary/aromatic N) is 1. The van der Waals surface area contributed by atoms with Crippen molar-refractivity contribution in [1.82, 2.24) is 4.90 Å². The minimum absolute atomic E-state index is 0.00130. The minimum Gasteiger partial charge on any atom is -0.494 e. The topological polar surface area (TPSA) is 87.1 Å². The van der Waals surface area contributed by atoms with Crippen LogP contribution in [-0.2, 0) is 4.79 Å². The molecule has 8 heteroatoms. The maximum atomic E-state index is 12.4. The zero-order valence-electron chi connectivity index (χ0n) is 11.0.